The van der Waals surface area contributed by atoms with E-state index in [4.69, 9.17) is 0 Å². The zero-order valence-corrected chi connectivity index (χ0v) is 8.50. The largest absolute Gasteiger partial charge is 0.148 e. The van der Waals surface area contributed by atoms with Gasteiger partial charge in [-0.25, -0.2) is 0 Å². The molecule has 0 radical (unpaired) electrons. The molecule has 0 bridgehead atoms. The smallest absolute Gasteiger partial charge is 0.0372 e. The van der Waals surface area contributed by atoms with Crippen molar-refractivity contribution in [1.82, 2.24) is 0 Å². The second-order valence-corrected chi connectivity index (χ2v) is 4.46. The van der Waals surface area contributed by atoms with E-state index in [9.17, 15) is 0 Å². The van der Waals surface area contributed by atoms with Gasteiger partial charge in [0.1, 0.15) is 0 Å². The summed E-state index contributed by atoms with van der Waals surface area (Å²) in [6.45, 7) is 0. The molecule has 2 aromatic rings. The molecule has 1 aromatic carbocycles. The number of thiophene rings is 1. The predicted octanol–water partition coefficient (Wildman–Crippen LogP) is 3.91. The third kappa shape index (κ3) is 1.13. The third-order valence-electron chi connectivity index (χ3n) is 2.65. The summed E-state index contributed by atoms with van der Waals surface area (Å²) >= 11 is 1.83. The molecule has 1 unspecified atom stereocenters. The Morgan fingerprint density at radius 2 is 1.93 bits per heavy atom. The van der Waals surface area contributed by atoms with Crippen LogP contribution in [0.1, 0.15) is 21.9 Å². The zero-order chi connectivity index (χ0) is 9.38. The van der Waals surface area contributed by atoms with Gasteiger partial charge in [-0.1, -0.05) is 42.5 Å². The van der Waals surface area contributed by atoms with Crippen molar-refractivity contribution >= 4 is 17.4 Å². The molecule has 1 heterocycles. The molecule has 68 valence electrons. The summed E-state index contributed by atoms with van der Waals surface area (Å²) in [4.78, 5) is 1.44. The Morgan fingerprint density at radius 1 is 1.00 bits per heavy atom. The Kier molecular flexibility index (Phi) is 1.78. The Morgan fingerprint density at radius 3 is 2.79 bits per heavy atom. The summed E-state index contributed by atoms with van der Waals surface area (Å²) in [5.41, 5.74) is 2.81. The van der Waals surface area contributed by atoms with Gasteiger partial charge in [0.25, 0.3) is 0 Å². The molecule has 0 fully saturated rings. The summed E-state index contributed by atoms with van der Waals surface area (Å²) in [7, 11) is 0. The minimum absolute atomic E-state index is 0.492. The molecule has 0 amide bonds. The van der Waals surface area contributed by atoms with Crippen molar-refractivity contribution in [3.63, 3.8) is 0 Å². The van der Waals surface area contributed by atoms with E-state index in [1.165, 1.54) is 16.0 Å². The van der Waals surface area contributed by atoms with Crippen molar-refractivity contribution in [2.75, 3.05) is 0 Å². The molecule has 1 heteroatoms. The van der Waals surface area contributed by atoms with Crippen LogP contribution in [0.25, 0.3) is 6.08 Å². The van der Waals surface area contributed by atoms with Crippen LogP contribution in [-0.4, -0.2) is 0 Å². The molecule has 14 heavy (non-hydrogen) atoms. The molecule has 0 aliphatic heterocycles. The molecule has 0 saturated carbocycles. The Hall–Kier alpha value is -1.34. The van der Waals surface area contributed by atoms with Crippen molar-refractivity contribution in [1.29, 1.82) is 0 Å². The highest BCUT2D eigenvalue weighted by molar-refractivity contribution is 7.10. The predicted molar refractivity (Wildman–Crippen MR) is 61.6 cm³/mol. The topological polar surface area (TPSA) is 0 Å². The lowest BCUT2D eigenvalue weighted by atomic mass is 9.99. The molecule has 0 saturated heterocycles. The van der Waals surface area contributed by atoms with Gasteiger partial charge < -0.3 is 0 Å². The molecule has 3 rings (SSSR count). The average molecular weight is 198 g/mol. The number of hydrogen-bond donors (Lipinski definition) is 0. The van der Waals surface area contributed by atoms with Gasteiger partial charge >= 0.3 is 0 Å². The molecular weight excluding hydrogens is 188 g/mol. The van der Waals surface area contributed by atoms with E-state index in [0.29, 0.717) is 5.92 Å². The molecule has 0 N–H and O–H groups in total. The molecule has 1 atom stereocenters. The third-order valence-corrected chi connectivity index (χ3v) is 3.60. The Balaban J connectivity index is 2.11. The number of benzene rings is 1. The molecule has 1 aromatic heterocycles. The highest BCUT2D eigenvalue weighted by Gasteiger charge is 2.18. The lowest BCUT2D eigenvalue weighted by molar-refractivity contribution is 1.09. The van der Waals surface area contributed by atoms with Crippen molar-refractivity contribution < 1.29 is 0 Å². The molecular formula is C13H10S. The van der Waals surface area contributed by atoms with Crippen LogP contribution < -0.4 is 0 Å². The van der Waals surface area contributed by atoms with Crippen LogP contribution in [0, 0.1) is 0 Å². The van der Waals surface area contributed by atoms with E-state index in [1.807, 2.05) is 11.3 Å². The standard InChI is InChI=1S/C13H10S/c1-2-5-11-10(4-1)7-8-12(11)13-6-3-9-14-13/h1-9,12H. The summed E-state index contributed by atoms with van der Waals surface area (Å²) < 4.78 is 0. The monoisotopic (exact) mass is 198 g/mol. The zero-order valence-electron chi connectivity index (χ0n) is 7.68. The van der Waals surface area contributed by atoms with E-state index >= 15 is 0 Å². The van der Waals surface area contributed by atoms with Gasteiger partial charge in [0.2, 0.25) is 0 Å². The van der Waals surface area contributed by atoms with Gasteiger partial charge in [-0.05, 0) is 22.6 Å². The van der Waals surface area contributed by atoms with E-state index in [0.717, 1.165) is 0 Å². The lowest BCUT2D eigenvalue weighted by Crippen LogP contribution is -1.91. The van der Waals surface area contributed by atoms with Gasteiger partial charge in [-0.15, -0.1) is 11.3 Å². The highest BCUT2D eigenvalue weighted by Crippen LogP contribution is 2.36. The van der Waals surface area contributed by atoms with Gasteiger partial charge in [-0.2, -0.15) is 0 Å². The van der Waals surface area contributed by atoms with Crippen LogP contribution in [0.3, 0.4) is 0 Å². The molecule has 0 nitrogen and oxygen atoms in total. The normalized spacial score (nSPS) is 18.4. The van der Waals surface area contributed by atoms with Crippen LogP contribution >= 0.6 is 11.3 Å². The SMILES string of the molecule is C1=CC(c2cccs2)c2ccccc21. The van der Waals surface area contributed by atoms with E-state index in [-0.39, 0.29) is 0 Å². The number of hydrogen-bond acceptors (Lipinski definition) is 1. The average Bonchev–Trinajstić information content (AvgIpc) is 2.85. The minimum atomic E-state index is 0.492. The van der Waals surface area contributed by atoms with Gasteiger partial charge in [-0.3, -0.25) is 0 Å². The second-order valence-electron chi connectivity index (χ2n) is 3.48. The molecule has 1 aliphatic carbocycles. The Bertz CT molecular complexity index is 466. The lowest BCUT2D eigenvalue weighted by Gasteiger charge is -2.07. The van der Waals surface area contributed by atoms with Gasteiger partial charge in [0, 0.05) is 10.8 Å². The van der Waals surface area contributed by atoms with Crippen LogP contribution in [0.2, 0.25) is 0 Å². The van der Waals surface area contributed by atoms with Gasteiger partial charge in [0.05, 0.1) is 0 Å². The van der Waals surface area contributed by atoms with E-state index in [2.05, 4.69) is 53.9 Å². The van der Waals surface area contributed by atoms with Crippen LogP contribution in [0.5, 0.6) is 0 Å². The summed E-state index contributed by atoms with van der Waals surface area (Å²) in [5.74, 6) is 0.492. The highest BCUT2D eigenvalue weighted by atomic mass is 32.1. The maximum atomic E-state index is 2.29. The summed E-state index contributed by atoms with van der Waals surface area (Å²) in [5, 5.41) is 2.14. The van der Waals surface area contributed by atoms with E-state index in [1.54, 1.807) is 0 Å². The van der Waals surface area contributed by atoms with Crippen LogP contribution in [0.15, 0.2) is 47.9 Å². The second kappa shape index (κ2) is 3.10. The van der Waals surface area contributed by atoms with E-state index < -0.39 is 0 Å². The fourth-order valence-electron chi connectivity index (χ4n) is 1.97. The van der Waals surface area contributed by atoms with Crippen LogP contribution in [0.4, 0.5) is 0 Å². The first-order chi connectivity index (χ1) is 6.95. The molecule has 0 spiro atoms. The van der Waals surface area contributed by atoms with Crippen molar-refractivity contribution in [3.8, 4) is 0 Å². The maximum Gasteiger partial charge on any atom is 0.0372 e. The number of rotatable bonds is 1. The van der Waals surface area contributed by atoms with Crippen molar-refractivity contribution in [2.45, 2.75) is 5.92 Å². The van der Waals surface area contributed by atoms with Crippen LogP contribution in [-0.2, 0) is 0 Å². The minimum Gasteiger partial charge on any atom is -0.148 e. The first-order valence-corrected chi connectivity index (χ1v) is 5.63. The van der Waals surface area contributed by atoms with Crippen molar-refractivity contribution in [3.05, 3.63) is 63.9 Å². The number of allylic oxidation sites excluding steroid dienone is 1. The fraction of sp³-hybridized carbons (Fsp3) is 0.0769. The Labute approximate surface area is 87.5 Å². The summed E-state index contributed by atoms with van der Waals surface area (Å²) in [6, 6.07) is 12.9. The van der Waals surface area contributed by atoms with Crippen molar-refractivity contribution in [2.24, 2.45) is 0 Å². The summed E-state index contributed by atoms with van der Waals surface area (Å²) in [6.07, 6.45) is 4.51. The molecule has 1 aliphatic rings. The first kappa shape index (κ1) is 8.01. The number of fused-ring (bicyclic) bond motifs is 1. The maximum absolute atomic E-state index is 2.29. The fourth-order valence-corrected chi connectivity index (χ4v) is 2.79. The first-order valence-electron chi connectivity index (χ1n) is 4.76. The quantitative estimate of drug-likeness (QED) is 0.651. The van der Waals surface area contributed by atoms with Gasteiger partial charge in [0.15, 0.2) is 0 Å².